The van der Waals surface area contributed by atoms with Gasteiger partial charge in [0.1, 0.15) is 12.4 Å². The number of nitrogens with zero attached hydrogens (tertiary/aromatic N) is 2. The summed E-state index contributed by atoms with van der Waals surface area (Å²) in [6.07, 6.45) is 7.27. The molecule has 1 aromatic rings. The third-order valence-electron chi connectivity index (χ3n) is 2.22. The van der Waals surface area contributed by atoms with Gasteiger partial charge in [0.25, 0.3) is 0 Å². The first-order chi connectivity index (χ1) is 8.67. The van der Waals surface area contributed by atoms with Crippen LogP contribution in [0, 0.1) is 13.8 Å². The van der Waals surface area contributed by atoms with E-state index < -0.39 is 0 Å². The molecule has 0 aliphatic heterocycles. The van der Waals surface area contributed by atoms with Crippen molar-refractivity contribution in [3.63, 3.8) is 0 Å². The highest BCUT2D eigenvalue weighted by molar-refractivity contribution is 7.12. The first kappa shape index (κ1) is 14.5. The van der Waals surface area contributed by atoms with Crippen LogP contribution >= 0.6 is 11.3 Å². The summed E-state index contributed by atoms with van der Waals surface area (Å²) in [5.74, 6) is 0.974. The fraction of sp³-hybridized carbons (Fsp3) is 0.357. The molecule has 0 aromatic carbocycles. The molecule has 0 N–H and O–H groups in total. The van der Waals surface area contributed by atoms with Crippen LogP contribution in [0.4, 0.5) is 0 Å². The van der Waals surface area contributed by atoms with Crippen molar-refractivity contribution in [2.45, 2.75) is 20.8 Å². The highest BCUT2D eigenvalue weighted by Gasteiger charge is 2.02. The number of thiophene rings is 1. The van der Waals surface area contributed by atoms with Crippen molar-refractivity contribution in [3.05, 3.63) is 40.9 Å². The fourth-order valence-corrected chi connectivity index (χ4v) is 2.30. The Hall–Kier alpha value is -1.55. The zero-order chi connectivity index (χ0) is 13.4. The highest BCUT2D eigenvalue weighted by atomic mass is 32.1. The third-order valence-corrected chi connectivity index (χ3v) is 3.17. The monoisotopic (exact) mass is 264 g/mol. The van der Waals surface area contributed by atoms with Gasteiger partial charge in [-0.2, -0.15) is 0 Å². The van der Waals surface area contributed by atoms with Gasteiger partial charge in [-0.15, -0.1) is 11.3 Å². The average Bonchev–Trinajstić information content (AvgIpc) is 2.66. The van der Waals surface area contributed by atoms with Crippen LogP contribution in [0.1, 0.15) is 16.7 Å². The van der Waals surface area contributed by atoms with Crippen LogP contribution in [0.3, 0.4) is 0 Å². The molecule has 1 rings (SSSR count). The van der Waals surface area contributed by atoms with Gasteiger partial charge in [0.2, 0.25) is 0 Å². The van der Waals surface area contributed by atoms with Crippen LogP contribution in [-0.4, -0.2) is 24.4 Å². The Morgan fingerprint density at radius 1 is 1.50 bits per heavy atom. The lowest BCUT2D eigenvalue weighted by atomic mass is 10.4. The molecule has 0 aliphatic rings. The van der Waals surface area contributed by atoms with E-state index in [0.717, 1.165) is 5.75 Å². The number of aryl methyl sites for hydroxylation is 2. The molecule has 0 fully saturated rings. The third kappa shape index (κ3) is 4.75. The van der Waals surface area contributed by atoms with Crippen LogP contribution in [0.15, 0.2) is 36.1 Å². The Morgan fingerprint density at radius 3 is 2.83 bits per heavy atom. The molecule has 0 unspecified atom stereocenters. The number of hydrogen-bond acceptors (Lipinski definition) is 3. The molecule has 1 heterocycles. The van der Waals surface area contributed by atoms with E-state index in [2.05, 4.69) is 31.5 Å². The van der Waals surface area contributed by atoms with E-state index in [-0.39, 0.29) is 0 Å². The number of rotatable bonds is 7. The second kappa shape index (κ2) is 7.71. The summed E-state index contributed by atoms with van der Waals surface area (Å²) in [6, 6.07) is 2.07. The summed E-state index contributed by atoms with van der Waals surface area (Å²) in [6.45, 7) is 11.0. The number of ether oxygens (including phenoxy) is 1. The minimum Gasteiger partial charge on any atom is -0.490 e. The number of hydrogen-bond donors (Lipinski definition) is 0. The van der Waals surface area contributed by atoms with E-state index >= 15 is 0 Å². The Bertz CT molecular complexity index is 435. The predicted molar refractivity (Wildman–Crippen MR) is 79.5 cm³/mol. The van der Waals surface area contributed by atoms with E-state index in [0.29, 0.717) is 13.2 Å². The molecular formula is C14H20N2OS. The predicted octanol–water partition coefficient (Wildman–Crippen LogP) is 3.75. The minimum atomic E-state index is 0.592. The van der Waals surface area contributed by atoms with Gasteiger partial charge >= 0.3 is 0 Å². The van der Waals surface area contributed by atoms with Crippen LogP contribution < -0.4 is 4.74 Å². The van der Waals surface area contributed by atoms with Crippen molar-refractivity contribution in [1.29, 1.82) is 0 Å². The maximum atomic E-state index is 5.67. The molecule has 98 valence electrons. The standard InChI is InChI=1S/C14H20N2OS/c1-5-8-16(6-2)11-15-7-9-17-14-10-12(3)18-13(14)4/h5-6,8,10-11H,2,7,9H2,1,3-4H3/b8-5-,15-11?. The van der Waals surface area contributed by atoms with Gasteiger partial charge < -0.3 is 9.64 Å². The number of aliphatic imine (C=N–C) groups is 1. The summed E-state index contributed by atoms with van der Waals surface area (Å²) in [5.41, 5.74) is 0. The molecule has 0 radical (unpaired) electrons. The van der Waals surface area contributed by atoms with Gasteiger partial charge in [0.15, 0.2) is 0 Å². The molecule has 1 aromatic heterocycles. The second-order valence-corrected chi connectivity index (χ2v) is 5.22. The fourth-order valence-electron chi connectivity index (χ4n) is 1.43. The zero-order valence-corrected chi connectivity index (χ0v) is 12.0. The minimum absolute atomic E-state index is 0.592. The maximum Gasteiger partial charge on any atom is 0.133 e. The molecule has 0 bridgehead atoms. The van der Waals surface area contributed by atoms with E-state index in [1.165, 1.54) is 9.75 Å². The Kier molecular flexibility index (Phi) is 6.22. The smallest absolute Gasteiger partial charge is 0.133 e. The lowest BCUT2D eigenvalue weighted by Gasteiger charge is -2.07. The Labute approximate surface area is 113 Å². The molecule has 0 spiro atoms. The van der Waals surface area contributed by atoms with E-state index in [1.54, 1.807) is 28.8 Å². The van der Waals surface area contributed by atoms with E-state index in [1.807, 2.05) is 19.2 Å². The van der Waals surface area contributed by atoms with Crippen molar-refractivity contribution in [2.24, 2.45) is 4.99 Å². The molecule has 0 saturated carbocycles. The SMILES string of the molecule is C=CN(C=NCCOc1cc(C)sc1C)/C=C\C. The highest BCUT2D eigenvalue weighted by Crippen LogP contribution is 2.27. The van der Waals surface area contributed by atoms with Crippen molar-refractivity contribution in [3.8, 4) is 5.75 Å². The molecule has 0 atom stereocenters. The van der Waals surface area contributed by atoms with Crippen molar-refractivity contribution >= 4 is 17.7 Å². The maximum absolute atomic E-state index is 5.67. The van der Waals surface area contributed by atoms with Gasteiger partial charge in [-0.05, 0) is 26.8 Å². The summed E-state index contributed by atoms with van der Waals surface area (Å²) in [4.78, 5) is 8.57. The first-order valence-electron chi connectivity index (χ1n) is 5.90. The van der Waals surface area contributed by atoms with E-state index in [9.17, 15) is 0 Å². The van der Waals surface area contributed by atoms with Gasteiger partial charge in [-0.1, -0.05) is 12.7 Å². The van der Waals surface area contributed by atoms with Gasteiger partial charge in [0.05, 0.1) is 12.9 Å². The average molecular weight is 264 g/mol. The second-order valence-electron chi connectivity index (χ2n) is 3.76. The molecular weight excluding hydrogens is 244 g/mol. The van der Waals surface area contributed by atoms with Gasteiger partial charge in [0, 0.05) is 22.2 Å². The first-order valence-corrected chi connectivity index (χ1v) is 6.71. The zero-order valence-electron chi connectivity index (χ0n) is 11.2. The molecule has 18 heavy (non-hydrogen) atoms. The summed E-state index contributed by atoms with van der Waals surface area (Å²) < 4.78 is 5.67. The van der Waals surface area contributed by atoms with Crippen molar-refractivity contribution in [1.82, 2.24) is 4.90 Å². The van der Waals surface area contributed by atoms with Crippen molar-refractivity contribution in [2.75, 3.05) is 13.2 Å². The normalized spacial score (nSPS) is 11.3. The largest absolute Gasteiger partial charge is 0.490 e. The van der Waals surface area contributed by atoms with Gasteiger partial charge in [-0.25, -0.2) is 0 Å². The topological polar surface area (TPSA) is 24.8 Å². The van der Waals surface area contributed by atoms with E-state index in [4.69, 9.17) is 4.74 Å². The Morgan fingerprint density at radius 2 is 2.28 bits per heavy atom. The quantitative estimate of drug-likeness (QED) is 0.425. The summed E-state index contributed by atoms with van der Waals surface area (Å²) in [5, 5.41) is 0. The Balaban J connectivity index is 2.32. The summed E-state index contributed by atoms with van der Waals surface area (Å²) >= 11 is 1.75. The van der Waals surface area contributed by atoms with Gasteiger partial charge in [-0.3, -0.25) is 4.99 Å². The summed E-state index contributed by atoms with van der Waals surface area (Å²) in [7, 11) is 0. The molecule has 0 saturated heterocycles. The van der Waals surface area contributed by atoms with Crippen molar-refractivity contribution < 1.29 is 4.74 Å². The lowest BCUT2D eigenvalue weighted by Crippen LogP contribution is -2.08. The van der Waals surface area contributed by atoms with Crippen LogP contribution in [0.5, 0.6) is 5.75 Å². The molecule has 4 heteroatoms. The molecule has 0 amide bonds. The lowest BCUT2D eigenvalue weighted by molar-refractivity contribution is 0.328. The van der Waals surface area contributed by atoms with Crippen LogP contribution in [0.25, 0.3) is 0 Å². The number of allylic oxidation sites excluding steroid dienone is 1. The molecule has 3 nitrogen and oxygen atoms in total. The van der Waals surface area contributed by atoms with Crippen LogP contribution in [-0.2, 0) is 0 Å². The molecule has 0 aliphatic carbocycles. The van der Waals surface area contributed by atoms with Crippen LogP contribution in [0.2, 0.25) is 0 Å².